The minimum atomic E-state index is -1.27. The molecule has 0 aliphatic heterocycles. The fourth-order valence-electron chi connectivity index (χ4n) is 2.21. The first-order valence-corrected chi connectivity index (χ1v) is 8.91. The second-order valence-corrected chi connectivity index (χ2v) is 6.12. The van der Waals surface area contributed by atoms with Crippen LogP contribution >= 0.6 is 0 Å². The van der Waals surface area contributed by atoms with Crippen molar-refractivity contribution in [1.29, 1.82) is 0 Å². The number of carbonyl (C=O) groups is 3. The number of hydrogen-bond acceptors (Lipinski definition) is 6. The molecule has 30 heavy (non-hydrogen) atoms. The SMILES string of the molecule is C[C@H](NC(=O)OCc1ccccc1)C(=O)N[C@@H](CCCN/C(N)=N/[N+](=O)[O-])C(=O)O. The predicted molar refractivity (Wildman–Crippen MR) is 105 cm³/mol. The molecule has 0 heterocycles. The van der Waals surface area contributed by atoms with Crippen molar-refractivity contribution in [3.05, 3.63) is 46.0 Å². The Morgan fingerprint density at radius 3 is 2.53 bits per heavy atom. The van der Waals surface area contributed by atoms with Gasteiger partial charge in [0.15, 0.2) is 5.03 Å². The highest BCUT2D eigenvalue weighted by molar-refractivity contribution is 5.88. The maximum absolute atomic E-state index is 12.2. The van der Waals surface area contributed by atoms with E-state index in [2.05, 4.69) is 21.1 Å². The van der Waals surface area contributed by atoms with Crippen LogP contribution in [0.2, 0.25) is 0 Å². The van der Waals surface area contributed by atoms with Crippen molar-refractivity contribution in [2.45, 2.75) is 38.5 Å². The molecular formula is C17H24N6O7. The monoisotopic (exact) mass is 424 g/mol. The number of guanidine groups is 1. The number of hydrogen-bond donors (Lipinski definition) is 5. The number of carboxylic acids is 1. The minimum Gasteiger partial charge on any atom is -0.480 e. The summed E-state index contributed by atoms with van der Waals surface area (Å²) >= 11 is 0. The zero-order valence-corrected chi connectivity index (χ0v) is 16.2. The molecule has 0 aliphatic carbocycles. The first-order valence-electron chi connectivity index (χ1n) is 8.91. The Kier molecular flexibility index (Phi) is 10.1. The van der Waals surface area contributed by atoms with Gasteiger partial charge in [0, 0.05) is 6.54 Å². The van der Waals surface area contributed by atoms with Gasteiger partial charge < -0.3 is 31.5 Å². The second-order valence-electron chi connectivity index (χ2n) is 6.12. The van der Waals surface area contributed by atoms with Crippen molar-refractivity contribution < 1.29 is 29.3 Å². The van der Waals surface area contributed by atoms with E-state index in [9.17, 15) is 29.6 Å². The molecule has 0 spiro atoms. The minimum absolute atomic E-state index is 0.0188. The molecule has 13 nitrogen and oxygen atoms in total. The van der Waals surface area contributed by atoms with E-state index in [1.54, 1.807) is 24.3 Å². The highest BCUT2D eigenvalue weighted by atomic mass is 16.7. The Bertz CT molecular complexity index is 771. The Balaban J connectivity index is 2.40. The number of hydrazone groups is 1. The van der Waals surface area contributed by atoms with Crippen LogP contribution in [0.3, 0.4) is 0 Å². The molecule has 0 saturated carbocycles. The van der Waals surface area contributed by atoms with Crippen LogP contribution in [0.1, 0.15) is 25.3 Å². The second kappa shape index (κ2) is 12.5. The van der Waals surface area contributed by atoms with E-state index in [1.165, 1.54) is 6.92 Å². The van der Waals surface area contributed by atoms with Gasteiger partial charge in [-0.25, -0.2) is 19.7 Å². The van der Waals surface area contributed by atoms with E-state index in [0.717, 1.165) is 5.56 Å². The number of nitrogens with two attached hydrogens (primary N) is 1. The van der Waals surface area contributed by atoms with Crippen molar-refractivity contribution >= 4 is 23.9 Å². The third-order valence-electron chi connectivity index (χ3n) is 3.72. The molecule has 2 atom stereocenters. The molecule has 0 aliphatic rings. The van der Waals surface area contributed by atoms with Crippen LogP contribution in [0, 0.1) is 10.1 Å². The lowest BCUT2D eigenvalue weighted by Crippen LogP contribution is -2.50. The summed E-state index contributed by atoms with van der Waals surface area (Å²) in [7, 11) is 0. The van der Waals surface area contributed by atoms with Gasteiger partial charge in [-0.05, 0) is 25.3 Å². The molecule has 13 heteroatoms. The lowest BCUT2D eigenvalue weighted by molar-refractivity contribution is -0.485. The van der Waals surface area contributed by atoms with Gasteiger partial charge in [-0.3, -0.25) is 4.79 Å². The molecule has 0 aromatic heterocycles. The van der Waals surface area contributed by atoms with Crippen LogP contribution in [0.15, 0.2) is 35.4 Å². The number of nitrogens with zero attached hydrogens (tertiary/aromatic N) is 2. The van der Waals surface area contributed by atoms with Crippen molar-refractivity contribution in [1.82, 2.24) is 16.0 Å². The van der Waals surface area contributed by atoms with Gasteiger partial charge in [-0.1, -0.05) is 30.3 Å². The molecular weight excluding hydrogens is 400 g/mol. The Labute approximate surface area is 171 Å². The summed E-state index contributed by atoms with van der Waals surface area (Å²) < 4.78 is 5.01. The zero-order chi connectivity index (χ0) is 22.5. The van der Waals surface area contributed by atoms with Crippen LogP contribution in [-0.4, -0.2) is 52.7 Å². The van der Waals surface area contributed by atoms with E-state index < -0.39 is 41.0 Å². The molecule has 164 valence electrons. The van der Waals surface area contributed by atoms with Crippen molar-refractivity contribution in [3.8, 4) is 0 Å². The summed E-state index contributed by atoms with van der Waals surface area (Å²) in [6.07, 6.45) is -0.574. The highest BCUT2D eigenvalue weighted by Gasteiger charge is 2.24. The largest absolute Gasteiger partial charge is 0.480 e. The maximum Gasteiger partial charge on any atom is 0.408 e. The molecule has 1 aromatic carbocycles. The number of nitrogens with one attached hydrogen (secondary N) is 3. The van der Waals surface area contributed by atoms with Gasteiger partial charge >= 0.3 is 12.1 Å². The van der Waals surface area contributed by atoms with Gasteiger partial charge in [-0.2, -0.15) is 0 Å². The Morgan fingerprint density at radius 1 is 1.27 bits per heavy atom. The van der Waals surface area contributed by atoms with Crippen LogP contribution < -0.4 is 21.7 Å². The molecule has 1 aromatic rings. The summed E-state index contributed by atoms with van der Waals surface area (Å²) in [6.45, 7) is 1.52. The van der Waals surface area contributed by atoms with E-state index in [4.69, 9.17) is 10.5 Å². The number of alkyl carbamates (subject to hydrolysis) is 1. The summed E-state index contributed by atoms with van der Waals surface area (Å²) in [6, 6.07) is 6.68. The lowest BCUT2D eigenvalue weighted by atomic mass is 10.1. The van der Waals surface area contributed by atoms with Gasteiger partial charge in [0.25, 0.3) is 5.96 Å². The average molecular weight is 424 g/mol. The van der Waals surface area contributed by atoms with Crippen molar-refractivity contribution in [3.63, 3.8) is 0 Å². The molecule has 0 bridgehead atoms. The Hall–Kier alpha value is -3.90. The molecule has 0 saturated heterocycles. The average Bonchev–Trinajstić information content (AvgIpc) is 2.68. The first kappa shape index (κ1) is 24.1. The van der Waals surface area contributed by atoms with Gasteiger partial charge in [-0.15, -0.1) is 0 Å². The van der Waals surface area contributed by atoms with E-state index in [1.807, 2.05) is 6.07 Å². The lowest BCUT2D eigenvalue weighted by Gasteiger charge is -2.18. The third-order valence-corrected chi connectivity index (χ3v) is 3.72. The normalized spacial score (nSPS) is 12.9. The topological polar surface area (TPSA) is 198 Å². The number of ether oxygens (including phenoxy) is 1. The van der Waals surface area contributed by atoms with E-state index in [0.29, 0.717) is 0 Å². The fourth-order valence-corrected chi connectivity index (χ4v) is 2.21. The number of nitro groups is 1. The zero-order valence-electron chi connectivity index (χ0n) is 16.2. The van der Waals surface area contributed by atoms with Crippen LogP contribution in [-0.2, 0) is 20.9 Å². The number of aliphatic carboxylic acids is 1. The number of amides is 2. The van der Waals surface area contributed by atoms with Crippen LogP contribution in [0.4, 0.5) is 4.79 Å². The highest BCUT2D eigenvalue weighted by Crippen LogP contribution is 2.02. The standard InChI is InChI=1S/C17H24N6O7/c1-11(20-17(27)30-10-12-6-3-2-4-7-12)14(24)21-13(15(25)26)8-5-9-19-16(18)22-23(28)29/h2-4,6-7,11,13H,5,8-10H2,1H3,(H,20,27)(H,21,24)(H,25,26)(H3,18,19,22)/t11-,13-/m0/s1. The van der Waals surface area contributed by atoms with Gasteiger partial charge in [0.1, 0.15) is 23.8 Å². The number of rotatable bonds is 11. The quantitative estimate of drug-likeness (QED) is 0.104. The van der Waals surface area contributed by atoms with Gasteiger partial charge in [0.2, 0.25) is 5.91 Å². The maximum atomic E-state index is 12.2. The molecule has 1 rings (SSSR count). The predicted octanol–water partition coefficient (Wildman–Crippen LogP) is -0.253. The summed E-state index contributed by atoms with van der Waals surface area (Å²) in [5.74, 6) is -2.39. The Morgan fingerprint density at radius 2 is 1.93 bits per heavy atom. The number of carbonyl (C=O) groups excluding carboxylic acids is 2. The molecule has 0 unspecified atom stereocenters. The molecule has 2 amide bonds. The molecule has 0 radical (unpaired) electrons. The van der Waals surface area contributed by atoms with Crippen molar-refractivity contribution in [2.75, 3.05) is 6.54 Å². The van der Waals surface area contributed by atoms with E-state index >= 15 is 0 Å². The van der Waals surface area contributed by atoms with E-state index in [-0.39, 0.29) is 26.0 Å². The third kappa shape index (κ3) is 9.87. The fraction of sp³-hybridized carbons (Fsp3) is 0.412. The summed E-state index contributed by atoms with van der Waals surface area (Å²) in [4.78, 5) is 45.4. The smallest absolute Gasteiger partial charge is 0.408 e. The van der Waals surface area contributed by atoms with Crippen LogP contribution in [0.5, 0.6) is 0 Å². The van der Waals surface area contributed by atoms with Crippen molar-refractivity contribution in [2.24, 2.45) is 10.8 Å². The van der Waals surface area contributed by atoms with Crippen LogP contribution in [0.25, 0.3) is 0 Å². The molecule has 6 N–H and O–H groups in total. The van der Waals surface area contributed by atoms with Gasteiger partial charge in [0.05, 0.1) is 0 Å². The number of carboxylic acid groups (broad SMARTS) is 1. The number of benzene rings is 1. The summed E-state index contributed by atoms with van der Waals surface area (Å²) in [5.41, 5.74) is 6.01. The summed E-state index contributed by atoms with van der Waals surface area (Å²) in [5, 5.41) is 28.3. The molecule has 0 fully saturated rings. The first-order chi connectivity index (χ1) is 14.2.